The molecule has 1 aromatic carbocycles. The van der Waals surface area contributed by atoms with Crippen LogP contribution in [-0.4, -0.2) is 34.3 Å². The fourth-order valence-electron chi connectivity index (χ4n) is 3.00. The molecule has 0 saturated carbocycles. The summed E-state index contributed by atoms with van der Waals surface area (Å²) in [5.41, 5.74) is 0.642. The SMILES string of the molecule is O=c1cc(CO)oc(CN2CCC(OCc3ccccc3)CC2)c1O. The average Bonchev–Trinajstić information content (AvgIpc) is 2.65. The van der Waals surface area contributed by atoms with Crippen LogP contribution in [-0.2, 0) is 24.5 Å². The van der Waals surface area contributed by atoms with Crippen molar-refractivity contribution in [2.45, 2.75) is 38.7 Å². The van der Waals surface area contributed by atoms with Crippen LogP contribution in [0.5, 0.6) is 5.75 Å². The van der Waals surface area contributed by atoms with Gasteiger partial charge in [0.25, 0.3) is 0 Å². The number of ether oxygens (including phenoxy) is 1. The maximum atomic E-state index is 11.7. The molecule has 1 aliphatic rings. The second-order valence-electron chi connectivity index (χ2n) is 6.28. The van der Waals surface area contributed by atoms with Gasteiger partial charge in [-0.15, -0.1) is 0 Å². The number of aromatic hydroxyl groups is 1. The monoisotopic (exact) mass is 345 g/mol. The lowest BCUT2D eigenvalue weighted by Gasteiger charge is -2.31. The molecule has 1 aromatic heterocycles. The summed E-state index contributed by atoms with van der Waals surface area (Å²) in [4.78, 5) is 13.8. The lowest BCUT2D eigenvalue weighted by atomic mass is 10.1. The Morgan fingerprint density at radius 2 is 1.92 bits per heavy atom. The summed E-state index contributed by atoms with van der Waals surface area (Å²) in [5.74, 6) is -0.00117. The van der Waals surface area contributed by atoms with Crippen LogP contribution in [0, 0.1) is 0 Å². The van der Waals surface area contributed by atoms with Crippen LogP contribution in [0.1, 0.15) is 29.9 Å². The minimum atomic E-state index is -0.522. The van der Waals surface area contributed by atoms with Crippen molar-refractivity contribution in [3.05, 3.63) is 63.7 Å². The van der Waals surface area contributed by atoms with E-state index in [0.29, 0.717) is 13.2 Å². The Morgan fingerprint density at radius 3 is 2.60 bits per heavy atom. The van der Waals surface area contributed by atoms with Crippen LogP contribution in [0.15, 0.2) is 45.6 Å². The predicted octanol–water partition coefficient (Wildman–Crippen LogP) is 2.02. The highest BCUT2D eigenvalue weighted by Crippen LogP contribution is 2.21. The average molecular weight is 345 g/mol. The Balaban J connectivity index is 1.51. The summed E-state index contributed by atoms with van der Waals surface area (Å²) in [6.07, 6.45) is 1.98. The molecule has 0 bridgehead atoms. The largest absolute Gasteiger partial charge is 0.502 e. The Morgan fingerprint density at radius 1 is 1.20 bits per heavy atom. The topological polar surface area (TPSA) is 83.1 Å². The molecule has 25 heavy (non-hydrogen) atoms. The lowest BCUT2D eigenvalue weighted by molar-refractivity contribution is -0.00538. The van der Waals surface area contributed by atoms with Gasteiger partial charge in [-0.3, -0.25) is 9.69 Å². The third kappa shape index (κ3) is 4.69. The van der Waals surface area contributed by atoms with Crippen LogP contribution in [0.3, 0.4) is 0 Å². The van der Waals surface area contributed by atoms with Gasteiger partial charge < -0.3 is 19.4 Å². The number of aliphatic hydroxyl groups is 1. The van der Waals surface area contributed by atoms with E-state index in [1.54, 1.807) is 0 Å². The van der Waals surface area contributed by atoms with Crippen LogP contribution < -0.4 is 5.43 Å². The third-order valence-electron chi connectivity index (χ3n) is 4.43. The van der Waals surface area contributed by atoms with Crippen LogP contribution >= 0.6 is 0 Å². The predicted molar refractivity (Wildman–Crippen MR) is 92.1 cm³/mol. The first-order chi connectivity index (χ1) is 12.2. The molecular weight excluding hydrogens is 322 g/mol. The minimum Gasteiger partial charge on any atom is -0.502 e. The molecule has 1 aliphatic heterocycles. The molecule has 2 N–H and O–H groups in total. The molecule has 0 atom stereocenters. The van der Waals surface area contributed by atoms with Gasteiger partial charge in [0.15, 0.2) is 5.76 Å². The number of hydrogen-bond donors (Lipinski definition) is 2. The van der Waals surface area contributed by atoms with Crippen LogP contribution in [0.4, 0.5) is 0 Å². The first kappa shape index (κ1) is 17.7. The van der Waals surface area contributed by atoms with Gasteiger partial charge in [0.05, 0.1) is 19.3 Å². The van der Waals surface area contributed by atoms with Crippen molar-refractivity contribution < 1.29 is 19.4 Å². The third-order valence-corrected chi connectivity index (χ3v) is 4.43. The fraction of sp³-hybridized carbons (Fsp3) is 0.421. The zero-order chi connectivity index (χ0) is 17.6. The van der Waals surface area contributed by atoms with Crippen molar-refractivity contribution in [1.29, 1.82) is 0 Å². The summed E-state index contributed by atoms with van der Waals surface area (Å²) in [6, 6.07) is 11.2. The quantitative estimate of drug-likeness (QED) is 0.833. The van der Waals surface area contributed by atoms with E-state index in [0.717, 1.165) is 37.6 Å². The second kappa shape index (κ2) is 8.29. The number of benzene rings is 1. The van der Waals surface area contributed by atoms with Gasteiger partial charge in [0, 0.05) is 19.2 Å². The van der Waals surface area contributed by atoms with E-state index in [4.69, 9.17) is 14.3 Å². The van der Waals surface area contributed by atoms with E-state index in [9.17, 15) is 9.90 Å². The first-order valence-electron chi connectivity index (χ1n) is 8.49. The molecule has 0 amide bonds. The molecule has 0 aliphatic carbocycles. The molecule has 1 saturated heterocycles. The maximum absolute atomic E-state index is 11.7. The number of piperidine rings is 1. The first-order valence-corrected chi connectivity index (χ1v) is 8.49. The minimum absolute atomic E-state index is 0.166. The number of likely N-dealkylation sites (tertiary alicyclic amines) is 1. The molecule has 0 spiro atoms. The second-order valence-corrected chi connectivity index (χ2v) is 6.28. The molecular formula is C19H23NO5. The van der Waals surface area contributed by atoms with Crippen molar-refractivity contribution in [1.82, 2.24) is 4.90 Å². The zero-order valence-corrected chi connectivity index (χ0v) is 14.1. The number of nitrogens with zero attached hydrogens (tertiary/aromatic N) is 1. The summed E-state index contributed by atoms with van der Waals surface area (Å²) < 4.78 is 11.4. The normalized spacial score (nSPS) is 16.2. The van der Waals surface area contributed by atoms with Gasteiger partial charge in [0.1, 0.15) is 12.4 Å². The molecule has 6 nitrogen and oxygen atoms in total. The fourth-order valence-corrected chi connectivity index (χ4v) is 3.00. The van der Waals surface area contributed by atoms with E-state index < -0.39 is 5.43 Å². The van der Waals surface area contributed by atoms with E-state index in [2.05, 4.69) is 4.90 Å². The van der Waals surface area contributed by atoms with Gasteiger partial charge in [-0.1, -0.05) is 30.3 Å². The van der Waals surface area contributed by atoms with Gasteiger partial charge in [-0.2, -0.15) is 0 Å². The summed E-state index contributed by atoms with van der Waals surface area (Å²) >= 11 is 0. The van der Waals surface area contributed by atoms with Gasteiger partial charge in [-0.05, 0) is 18.4 Å². The lowest BCUT2D eigenvalue weighted by Crippen LogP contribution is -2.36. The highest BCUT2D eigenvalue weighted by Gasteiger charge is 2.22. The molecule has 1 fully saturated rings. The van der Waals surface area contributed by atoms with Crippen molar-refractivity contribution >= 4 is 0 Å². The van der Waals surface area contributed by atoms with Crippen molar-refractivity contribution in [2.75, 3.05) is 13.1 Å². The summed E-state index contributed by atoms with van der Waals surface area (Å²) in [6.45, 7) is 2.19. The summed E-state index contributed by atoms with van der Waals surface area (Å²) in [7, 11) is 0. The van der Waals surface area contributed by atoms with E-state index in [1.807, 2.05) is 30.3 Å². The highest BCUT2D eigenvalue weighted by molar-refractivity contribution is 5.24. The standard InChI is InChI=1S/C19H23NO5/c21-12-16-10-17(22)19(23)18(25-16)11-20-8-6-15(7-9-20)24-13-14-4-2-1-3-5-14/h1-5,10,15,21,23H,6-9,11-13H2. The summed E-state index contributed by atoms with van der Waals surface area (Å²) in [5, 5.41) is 19.0. The molecule has 3 rings (SSSR count). The van der Waals surface area contributed by atoms with Gasteiger partial charge >= 0.3 is 0 Å². The number of aliphatic hydroxyl groups excluding tert-OH is 1. The maximum Gasteiger partial charge on any atom is 0.227 e. The Hall–Kier alpha value is -2.15. The molecule has 134 valence electrons. The van der Waals surface area contributed by atoms with Crippen LogP contribution in [0.2, 0.25) is 0 Å². The van der Waals surface area contributed by atoms with Crippen molar-refractivity contribution in [3.8, 4) is 5.75 Å². The van der Waals surface area contributed by atoms with Crippen molar-refractivity contribution in [3.63, 3.8) is 0 Å². The van der Waals surface area contributed by atoms with E-state index >= 15 is 0 Å². The van der Waals surface area contributed by atoms with Gasteiger partial charge in [-0.25, -0.2) is 0 Å². The molecule has 0 radical (unpaired) electrons. The number of rotatable bonds is 6. The molecule has 0 unspecified atom stereocenters. The Labute approximate surface area is 146 Å². The van der Waals surface area contributed by atoms with Crippen molar-refractivity contribution in [2.24, 2.45) is 0 Å². The Kier molecular flexibility index (Phi) is 5.86. The van der Waals surface area contributed by atoms with E-state index in [1.165, 1.54) is 0 Å². The molecule has 2 aromatic rings. The van der Waals surface area contributed by atoms with Crippen LogP contribution in [0.25, 0.3) is 0 Å². The highest BCUT2D eigenvalue weighted by atomic mass is 16.5. The molecule has 6 heteroatoms. The Bertz CT molecular complexity index is 735. The van der Waals surface area contributed by atoms with E-state index in [-0.39, 0.29) is 30.0 Å². The number of hydrogen-bond acceptors (Lipinski definition) is 6. The smallest absolute Gasteiger partial charge is 0.227 e. The molecule has 2 heterocycles. The van der Waals surface area contributed by atoms with Gasteiger partial charge in [0.2, 0.25) is 11.2 Å². The zero-order valence-electron chi connectivity index (χ0n) is 14.1.